The molecular formula is C17H9Br2NO. The third-order valence-electron chi connectivity index (χ3n) is 3.12. The zero-order valence-corrected chi connectivity index (χ0v) is 14.0. The maximum Gasteiger partial charge on any atom is 0.142 e. The molecule has 4 heteroatoms. The Bertz CT molecular complexity index is 868. The van der Waals surface area contributed by atoms with Crippen LogP contribution >= 0.6 is 31.9 Å². The van der Waals surface area contributed by atoms with Gasteiger partial charge in [-0.05, 0) is 66.9 Å². The number of halogens is 2. The first kappa shape index (κ1) is 14.1. The van der Waals surface area contributed by atoms with Crippen LogP contribution in [0.3, 0.4) is 0 Å². The van der Waals surface area contributed by atoms with Gasteiger partial charge in [0.05, 0.1) is 10.0 Å². The van der Waals surface area contributed by atoms with Crippen LogP contribution in [-0.2, 0) is 0 Å². The van der Waals surface area contributed by atoms with Gasteiger partial charge in [0.2, 0.25) is 0 Å². The number of nitrogens with zero attached hydrogens (tertiary/aromatic N) is 1. The molecule has 0 saturated heterocycles. The van der Waals surface area contributed by atoms with E-state index in [9.17, 15) is 0 Å². The average molecular weight is 403 g/mol. The van der Waals surface area contributed by atoms with Crippen molar-refractivity contribution in [2.45, 2.75) is 0 Å². The zero-order chi connectivity index (χ0) is 14.8. The highest BCUT2D eigenvalue weighted by molar-refractivity contribution is 9.11. The summed E-state index contributed by atoms with van der Waals surface area (Å²) in [5, 5.41) is 11.2. The highest BCUT2D eigenvalue weighted by atomic mass is 79.9. The van der Waals surface area contributed by atoms with Crippen LogP contribution in [0, 0.1) is 11.3 Å². The van der Waals surface area contributed by atoms with Crippen molar-refractivity contribution in [3.63, 3.8) is 0 Å². The molecule has 0 unspecified atom stereocenters. The van der Waals surface area contributed by atoms with Gasteiger partial charge in [-0.1, -0.05) is 30.3 Å². The molecule has 3 aromatic carbocycles. The first-order valence-electron chi connectivity index (χ1n) is 6.24. The molecule has 0 heterocycles. The van der Waals surface area contributed by atoms with Crippen LogP contribution in [0.5, 0.6) is 11.5 Å². The van der Waals surface area contributed by atoms with Gasteiger partial charge in [0.25, 0.3) is 0 Å². The van der Waals surface area contributed by atoms with Gasteiger partial charge in [0.1, 0.15) is 17.6 Å². The number of hydrogen-bond acceptors (Lipinski definition) is 2. The highest BCUT2D eigenvalue weighted by Gasteiger charge is 2.08. The smallest absolute Gasteiger partial charge is 0.142 e. The van der Waals surface area contributed by atoms with Gasteiger partial charge in [-0.2, -0.15) is 5.26 Å². The van der Waals surface area contributed by atoms with Gasteiger partial charge in [-0.25, -0.2) is 0 Å². The predicted octanol–water partition coefficient (Wildman–Crippen LogP) is 6.03. The number of ether oxygens (including phenoxy) is 1. The second kappa shape index (κ2) is 5.88. The fraction of sp³-hybridized carbons (Fsp3) is 0. The van der Waals surface area contributed by atoms with Crippen LogP contribution in [0.4, 0.5) is 0 Å². The lowest BCUT2D eigenvalue weighted by molar-refractivity contribution is 0.480. The van der Waals surface area contributed by atoms with E-state index >= 15 is 0 Å². The zero-order valence-electron chi connectivity index (χ0n) is 10.8. The van der Waals surface area contributed by atoms with E-state index in [1.165, 1.54) is 0 Å². The summed E-state index contributed by atoms with van der Waals surface area (Å²) in [7, 11) is 0. The average Bonchev–Trinajstić information content (AvgIpc) is 2.51. The van der Waals surface area contributed by atoms with E-state index in [0.29, 0.717) is 11.3 Å². The van der Waals surface area contributed by atoms with Crippen LogP contribution in [-0.4, -0.2) is 0 Å². The minimum absolute atomic E-state index is 0.583. The molecule has 3 rings (SSSR count). The summed E-state index contributed by atoms with van der Waals surface area (Å²) in [5.41, 5.74) is 0.583. The quantitative estimate of drug-likeness (QED) is 0.524. The molecule has 0 radical (unpaired) electrons. The van der Waals surface area contributed by atoms with Crippen LogP contribution in [0.2, 0.25) is 0 Å². The Labute approximate surface area is 139 Å². The molecule has 0 N–H and O–H groups in total. The number of fused-ring (bicyclic) bond motifs is 1. The van der Waals surface area contributed by atoms with Gasteiger partial charge < -0.3 is 4.74 Å². The Kier molecular flexibility index (Phi) is 3.96. The molecular weight excluding hydrogens is 394 g/mol. The fourth-order valence-corrected chi connectivity index (χ4v) is 3.09. The largest absolute Gasteiger partial charge is 0.456 e. The lowest BCUT2D eigenvalue weighted by Gasteiger charge is -2.10. The van der Waals surface area contributed by atoms with Gasteiger partial charge in [0, 0.05) is 4.47 Å². The molecule has 0 amide bonds. The van der Waals surface area contributed by atoms with E-state index in [1.54, 1.807) is 18.2 Å². The molecule has 0 aliphatic rings. The Balaban J connectivity index is 2.00. The summed E-state index contributed by atoms with van der Waals surface area (Å²) in [6.45, 7) is 0. The minimum Gasteiger partial charge on any atom is -0.456 e. The van der Waals surface area contributed by atoms with Crippen molar-refractivity contribution < 1.29 is 4.74 Å². The van der Waals surface area contributed by atoms with Crippen LogP contribution < -0.4 is 4.74 Å². The van der Waals surface area contributed by atoms with Gasteiger partial charge in [-0.15, -0.1) is 0 Å². The van der Waals surface area contributed by atoms with Crippen molar-refractivity contribution in [2.24, 2.45) is 0 Å². The molecule has 0 spiro atoms. The number of nitriles is 1. The number of benzene rings is 3. The monoisotopic (exact) mass is 401 g/mol. The maximum atomic E-state index is 8.93. The van der Waals surface area contributed by atoms with E-state index in [0.717, 1.165) is 25.5 Å². The molecule has 3 aromatic rings. The van der Waals surface area contributed by atoms with E-state index in [2.05, 4.69) is 44.0 Å². The Morgan fingerprint density at radius 1 is 0.952 bits per heavy atom. The normalized spacial score (nSPS) is 10.3. The summed E-state index contributed by atoms with van der Waals surface area (Å²) in [6, 6.07) is 19.5. The lowest BCUT2D eigenvalue weighted by Crippen LogP contribution is -1.88. The minimum atomic E-state index is 0.583. The van der Waals surface area contributed by atoms with Crippen molar-refractivity contribution in [1.82, 2.24) is 0 Å². The Morgan fingerprint density at radius 2 is 1.76 bits per heavy atom. The molecule has 0 saturated carbocycles. The molecule has 0 atom stereocenters. The Morgan fingerprint density at radius 3 is 2.52 bits per heavy atom. The summed E-state index contributed by atoms with van der Waals surface area (Å²) < 4.78 is 7.55. The van der Waals surface area contributed by atoms with Crippen LogP contribution in [0.1, 0.15) is 5.56 Å². The molecule has 102 valence electrons. The lowest BCUT2D eigenvalue weighted by atomic mass is 10.1. The van der Waals surface area contributed by atoms with E-state index in [1.807, 2.05) is 30.3 Å². The van der Waals surface area contributed by atoms with Gasteiger partial charge in [0.15, 0.2) is 0 Å². The van der Waals surface area contributed by atoms with Crippen molar-refractivity contribution in [3.8, 4) is 17.6 Å². The molecule has 0 aliphatic carbocycles. The SMILES string of the molecule is N#Cc1ccc(Oc2ccc3ccccc3c2Br)cc1Br. The van der Waals surface area contributed by atoms with E-state index in [4.69, 9.17) is 10.00 Å². The summed E-state index contributed by atoms with van der Waals surface area (Å²) in [6.07, 6.45) is 0. The first-order chi connectivity index (χ1) is 10.2. The molecule has 0 aromatic heterocycles. The second-order valence-corrected chi connectivity index (χ2v) is 6.10. The highest BCUT2D eigenvalue weighted by Crippen LogP contribution is 2.36. The third-order valence-corrected chi connectivity index (χ3v) is 4.59. The number of hydrogen-bond donors (Lipinski definition) is 0. The van der Waals surface area contributed by atoms with Gasteiger partial charge >= 0.3 is 0 Å². The van der Waals surface area contributed by atoms with Crippen LogP contribution in [0.25, 0.3) is 10.8 Å². The third kappa shape index (κ3) is 2.80. The maximum absolute atomic E-state index is 8.93. The van der Waals surface area contributed by atoms with Crippen molar-refractivity contribution in [3.05, 3.63) is 69.1 Å². The standard InChI is InChI=1S/C17H9Br2NO/c18-15-9-13(7-5-12(15)10-20)21-16-8-6-11-3-1-2-4-14(11)17(16)19/h1-9H. The molecule has 0 aliphatic heterocycles. The summed E-state index contributed by atoms with van der Waals surface area (Å²) in [5.74, 6) is 1.42. The van der Waals surface area contributed by atoms with E-state index < -0.39 is 0 Å². The fourth-order valence-electron chi connectivity index (χ4n) is 2.07. The molecule has 2 nitrogen and oxygen atoms in total. The van der Waals surface area contributed by atoms with E-state index in [-0.39, 0.29) is 0 Å². The summed E-state index contributed by atoms with van der Waals surface area (Å²) >= 11 is 6.96. The number of rotatable bonds is 2. The van der Waals surface area contributed by atoms with Crippen molar-refractivity contribution in [1.29, 1.82) is 5.26 Å². The van der Waals surface area contributed by atoms with Crippen molar-refractivity contribution in [2.75, 3.05) is 0 Å². The van der Waals surface area contributed by atoms with Crippen molar-refractivity contribution >= 4 is 42.6 Å². The molecule has 0 fully saturated rings. The Hall–Kier alpha value is -1.83. The van der Waals surface area contributed by atoms with Crippen LogP contribution in [0.15, 0.2) is 63.5 Å². The second-order valence-electron chi connectivity index (χ2n) is 4.45. The van der Waals surface area contributed by atoms with Gasteiger partial charge in [-0.3, -0.25) is 0 Å². The predicted molar refractivity (Wildman–Crippen MR) is 90.6 cm³/mol. The topological polar surface area (TPSA) is 33.0 Å². The summed E-state index contributed by atoms with van der Waals surface area (Å²) in [4.78, 5) is 0. The molecule has 21 heavy (non-hydrogen) atoms. The molecule has 0 bridgehead atoms. The first-order valence-corrected chi connectivity index (χ1v) is 7.82.